The molecule has 5 aromatic rings. The summed E-state index contributed by atoms with van der Waals surface area (Å²) in [6.07, 6.45) is 6.50. The number of nitrogens with one attached hydrogen (secondary N) is 3. The molecule has 19 N–H and O–H groups in total. The van der Waals surface area contributed by atoms with Crippen molar-refractivity contribution in [2.24, 2.45) is 28.7 Å². The molecule has 2 aromatic heterocycles. The second-order valence-electron chi connectivity index (χ2n) is 13.8. The SMILES string of the molecule is NC(=O)CCC(N)C(=O)O.NC(Cc1c[nH]c2ccccc12)C(=O)O.NC(Cc1c[nH]c2ccccc12)C(=O)O.NC(Cc1ccc(O)cc1)C(=O)O.O=C(O)[C@@H]1CCCN1. The van der Waals surface area contributed by atoms with Crippen LogP contribution in [0.3, 0.4) is 0 Å². The number of carbonyl (C=O) groups is 6. The first-order chi connectivity index (χ1) is 28.8. The molecule has 6 rings (SSSR count). The van der Waals surface area contributed by atoms with Gasteiger partial charge in [-0.05, 0) is 73.2 Å². The average molecular weight is 851 g/mol. The van der Waals surface area contributed by atoms with Crippen molar-refractivity contribution in [1.29, 1.82) is 0 Å². The van der Waals surface area contributed by atoms with E-state index in [1.165, 1.54) is 12.1 Å². The van der Waals surface area contributed by atoms with Gasteiger partial charge in [0.2, 0.25) is 5.91 Å². The number of phenols is 1. The number of nitrogens with two attached hydrogens (primary N) is 5. The molecule has 3 heterocycles. The molecule has 1 fully saturated rings. The van der Waals surface area contributed by atoms with Gasteiger partial charge in [0.15, 0.2) is 0 Å². The summed E-state index contributed by atoms with van der Waals surface area (Å²) in [5.74, 6) is -5.17. The highest BCUT2D eigenvalue weighted by Gasteiger charge is 2.20. The number of hydrogen-bond acceptors (Lipinski definition) is 12. The Morgan fingerprint density at radius 3 is 1.39 bits per heavy atom. The van der Waals surface area contributed by atoms with Gasteiger partial charge >= 0.3 is 29.8 Å². The van der Waals surface area contributed by atoms with E-state index in [4.69, 9.17) is 59.3 Å². The number of phenolic OH excluding ortho intramolecular Hbond substituents is 1. The van der Waals surface area contributed by atoms with Gasteiger partial charge in [-0.15, -0.1) is 0 Å². The van der Waals surface area contributed by atoms with Crippen molar-refractivity contribution >= 4 is 57.6 Å². The molecule has 20 heteroatoms. The van der Waals surface area contributed by atoms with Gasteiger partial charge in [-0.1, -0.05) is 48.5 Å². The predicted molar refractivity (Wildman–Crippen MR) is 225 cm³/mol. The van der Waals surface area contributed by atoms with Crippen LogP contribution in [0.1, 0.15) is 42.4 Å². The normalized spacial score (nSPS) is 14.7. The molecule has 0 bridgehead atoms. The lowest BCUT2D eigenvalue weighted by atomic mass is 10.1. The highest BCUT2D eigenvalue weighted by atomic mass is 16.4. The molecular weight excluding hydrogens is 796 g/mol. The number of primary amides is 1. The fraction of sp³-hybridized carbons (Fsp3) is 0.317. The number of hydrogen-bond donors (Lipinski definition) is 14. The Morgan fingerprint density at radius 1 is 0.607 bits per heavy atom. The molecule has 5 atom stereocenters. The van der Waals surface area contributed by atoms with Crippen molar-refractivity contribution in [2.75, 3.05) is 6.54 Å². The van der Waals surface area contributed by atoms with E-state index >= 15 is 0 Å². The minimum absolute atomic E-state index is 0.0213. The third-order valence-electron chi connectivity index (χ3n) is 8.95. The molecule has 0 spiro atoms. The van der Waals surface area contributed by atoms with Gasteiger partial charge in [0, 0.05) is 53.5 Å². The summed E-state index contributed by atoms with van der Waals surface area (Å²) in [7, 11) is 0. The number of aromatic nitrogens is 2. The second-order valence-corrected chi connectivity index (χ2v) is 13.8. The van der Waals surface area contributed by atoms with Crippen LogP contribution in [-0.2, 0) is 48.0 Å². The number of fused-ring (bicyclic) bond motifs is 2. The summed E-state index contributed by atoms with van der Waals surface area (Å²) >= 11 is 0. The molecular formula is C41H54N8O12. The van der Waals surface area contributed by atoms with Gasteiger partial charge in [-0.2, -0.15) is 0 Å². The molecule has 0 radical (unpaired) electrons. The van der Waals surface area contributed by atoms with Crippen LogP contribution in [0.4, 0.5) is 0 Å². The Hall–Kier alpha value is -6.84. The number of carboxylic acids is 5. The molecule has 330 valence electrons. The first kappa shape index (κ1) is 50.3. The molecule has 4 unspecified atom stereocenters. The van der Waals surface area contributed by atoms with Gasteiger partial charge < -0.3 is 74.6 Å². The van der Waals surface area contributed by atoms with E-state index < -0.39 is 59.9 Å². The number of benzene rings is 3. The Morgan fingerprint density at radius 2 is 1.03 bits per heavy atom. The lowest BCUT2D eigenvalue weighted by Gasteiger charge is -2.05. The first-order valence-electron chi connectivity index (χ1n) is 18.9. The van der Waals surface area contributed by atoms with E-state index in [-0.39, 0.29) is 31.1 Å². The average Bonchev–Trinajstić information content (AvgIpc) is 4.00. The van der Waals surface area contributed by atoms with Crippen molar-refractivity contribution in [3.8, 4) is 5.75 Å². The molecule has 1 saturated heterocycles. The van der Waals surface area contributed by atoms with Crippen LogP contribution in [0.2, 0.25) is 0 Å². The summed E-state index contributed by atoms with van der Waals surface area (Å²) in [5.41, 5.74) is 30.8. The summed E-state index contributed by atoms with van der Waals surface area (Å²) in [5, 5.41) is 56.4. The Kier molecular flexibility index (Phi) is 21.1. The van der Waals surface area contributed by atoms with Gasteiger partial charge in [0.05, 0.1) is 0 Å². The lowest BCUT2D eigenvalue weighted by molar-refractivity contribution is -0.139. The highest BCUT2D eigenvalue weighted by molar-refractivity contribution is 5.85. The zero-order valence-corrected chi connectivity index (χ0v) is 33.1. The van der Waals surface area contributed by atoms with Gasteiger partial charge in [0.1, 0.15) is 36.0 Å². The quantitative estimate of drug-likeness (QED) is 0.0743. The molecule has 1 amide bonds. The Bertz CT molecular complexity index is 2090. The number of para-hydroxylation sites is 2. The number of amides is 1. The number of aromatic amines is 2. The predicted octanol–water partition coefficient (Wildman–Crippen LogP) is 1.08. The maximum atomic E-state index is 10.6. The zero-order valence-electron chi connectivity index (χ0n) is 33.1. The van der Waals surface area contributed by atoms with Crippen LogP contribution in [0.5, 0.6) is 5.75 Å². The van der Waals surface area contributed by atoms with E-state index in [1.807, 2.05) is 60.9 Å². The standard InChI is InChI=1S/2C11H12N2O2.C9H11NO3.C5H10N2O3.C5H9NO2/c2*12-9(11(14)15)5-7-6-13-10-4-2-1-3-8(7)10;10-8(9(12)13)5-6-1-3-7(11)4-2-6;6-3(5(9)10)1-2-4(7)8;7-5(8)4-2-1-3-6-4/h2*1-4,6,9,13H,5,12H2,(H,14,15);1-4,8,11H,5,10H2,(H,12,13);3H,1-2,6H2,(H2,7,8)(H,9,10);4,6H,1-3H2,(H,7,8)/t;;;;4-/m....0/s1. The van der Waals surface area contributed by atoms with E-state index in [2.05, 4.69) is 15.3 Å². The van der Waals surface area contributed by atoms with Crippen molar-refractivity contribution in [3.05, 3.63) is 102 Å². The largest absolute Gasteiger partial charge is 0.508 e. The van der Waals surface area contributed by atoms with E-state index in [0.717, 1.165) is 57.9 Å². The van der Waals surface area contributed by atoms with Crippen molar-refractivity contribution < 1.29 is 59.4 Å². The van der Waals surface area contributed by atoms with Crippen LogP contribution < -0.4 is 34.0 Å². The molecule has 3 aromatic carbocycles. The monoisotopic (exact) mass is 850 g/mol. The fourth-order valence-electron chi connectivity index (χ4n) is 5.54. The molecule has 61 heavy (non-hydrogen) atoms. The van der Waals surface area contributed by atoms with Crippen LogP contribution >= 0.6 is 0 Å². The molecule has 0 aliphatic carbocycles. The van der Waals surface area contributed by atoms with Gasteiger partial charge in [-0.3, -0.25) is 28.8 Å². The summed E-state index contributed by atoms with van der Waals surface area (Å²) < 4.78 is 0. The third-order valence-corrected chi connectivity index (χ3v) is 8.95. The van der Waals surface area contributed by atoms with E-state index in [1.54, 1.807) is 12.1 Å². The smallest absolute Gasteiger partial charge is 0.320 e. The molecule has 20 nitrogen and oxygen atoms in total. The lowest BCUT2D eigenvalue weighted by Crippen LogP contribution is -2.32. The number of rotatable bonds is 14. The van der Waals surface area contributed by atoms with Crippen molar-refractivity contribution in [2.45, 2.75) is 75.2 Å². The zero-order chi connectivity index (χ0) is 45.6. The summed E-state index contributed by atoms with van der Waals surface area (Å²) in [6.45, 7) is 0.858. The van der Waals surface area contributed by atoms with Crippen molar-refractivity contribution in [1.82, 2.24) is 15.3 Å². The van der Waals surface area contributed by atoms with Crippen molar-refractivity contribution in [3.63, 3.8) is 0 Å². The number of carboxylic acid groups (broad SMARTS) is 5. The van der Waals surface area contributed by atoms with Gasteiger partial charge in [-0.25, -0.2) is 0 Å². The first-order valence-corrected chi connectivity index (χ1v) is 18.9. The van der Waals surface area contributed by atoms with Crippen LogP contribution in [0, 0.1) is 0 Å². The summed E-state index contributed by atoms with van der Waals surface area (Å²) in [6, 6.07) is 18.0. The topological polar surface area (TPSA) is 398 Å². The number of aliphatic carboxylic acids is 5. The molecule has 0 saturated carbocycles. The van der Waals surface area contributed by atoms with E-state index in [0.29, 0.717) is 12.8 Å². The molecule has 1 aliphatic heterocycles. The molecule has 1 aliphatic rings. The maximum Gasteiger partial charge on any atom is 0.320 e. The summed E-state index contributed by atoms with van der Waals surface area (Å²) in [4.78, 5) is 68.1. The van der Waals surface area contributed by atoms with Crippen LogP contribution in [0.15, 0.2) is 85.2 Å². The van der Waals surface area contributed by atoms with Crippen LogP contribution in [0.25, 0.3) is 21.8 Å². The number of H-pyrrole nitrogens is 2. The fourth-order valence-corrected chi connectivity index (χ4v) is 5.54. The Labute approximate surface area is 349 Å². The van der Waals surface area contributed by atoms with Gasteiger partial charge in [0.25, 0.3) is 0 Å². The second kappa shape index (κ2) is 25.6. The minimum atomic E-state index is -1.11. The number of aromatic hydroxyl groups is 1. The Balaban J connectivity index is 0.000000267. The number of carbonyl (C=O) groups excluding carboxylic acids is 1. The van der Waals surface area contributed by atoms with E-state index in [9.17, 15) is 28.8 Å². The highest BCUT2D eigenvalue weighted by Crippen LogP contribution is 2.20. The minimum Gasteiger partial charge on any atom is -0.508 e. The maximum absolute atomic E-state index is 10.6. The third kappa shape index (κ3) is 18.3. The van der Waals surface area contributed by atoms with Crippen LogP contribution in [-0.4, -0.2) is 113 Å².